The number of hydrogen-bond donors (Lipinski definition) is 1. The van der Waals surface area contributed by atoms with E-state index in [0.717, 1.165) is 11.1 Å². The highest BCUT2D eigenvalue weighted by molar-refractivity contribution is 7.54. The molecule has 0 radical (unpaired) electrons. The second-order valence-corrected chi connectivity index (χ2v) is 14.4. The molecule has 1 atom stereocenters. The summed E-state index contributed by atoms with van der Waals surface area (Å²) in [4.78, 5) is 0. The van der Waals surface area contributed by atoms with E-state index in [1.165, 1.54) is 12.1 Å². The van der Waals surface area contributed by atoms with Gasteiger partial charge < -0.3 is 14.4 Å². The van der Waals surface area contributed by atoms with Crippen molar-refractivity contribution in [1.29, 1.82) is 0 Å². The van der Waals surface area contributed by atoms with Crippen LogP contribution in [0.3, 0.4) is 0 Å². The van der Waals surface area contributed by atoms with Gasteiger partial charge in [-0.05, 0) is 55.8 Å². The maximum atomic E-state index is 13.5. The Kier molecular flexibility index (Phi) is 8.24. The molecule has 4 nitrogen and oxygen atoms in total. The normalized spacial score (nSPS) is 12.8. The molecule has 156 valence electrons. The van der Waals surface area contributed by atoms with Gasteiger partial charge in [-0.15, -0.1) is 5.54 Å². The molecule has 0 fully saturated rings. The van der Waals surface area contributed by atoms with Gasteiger partial charge >= 0.3 is 7.60 Å². The molecule has 7 heteroatoms. The molecular weight excluding hydrogens is 404 g/mol. The van der Waals surface area contributed by atoms with Crippen molar-refractivity contribution in [1.82, 2.24) is 0 Å². The SMILES string of the molecule is CCOP(=O)(OCC)[C@H](Nc1ccc(F)cc1)c1ccc(C#C[Si](C)(C)C)cc1. The minimum atomic E-state index is -3.52. The second-order valence-electron chi connectivity index (χ2n) is 7.55. The quantitative estimate of drug-likeness (QED) is 0.296. The van der Waals surface area contributed by atoms with Crippen molar-refractivity contribution in [3.05, 3.63) is 65.5 Å². The fourth-order valence-corrected chi connectivity index (χ4v) is 5.06. The summed E-state index contributed by atoms with van der Waals surface area (Å²) in [5.41, 5.74) is 5.61. The first kappa shape index (κ1) is 23.4. The van der Waals surface area contributed by atoms with Crippen molar-refractivity contribution in [3.63, 3.8) is 0 Å². The van der Waals surface area contributed by atoms with Crippen LogP contribution in [0.1, 0.15) is 30.8 Å². The van der Waals surface area contributed by atoms with E-state index in [4.69, 9.17) is 9.05 Å². The van der Waals surface area contributed by atoms with Crippen LogP contribution in [0.4, 0.5) is 10.1 Å². The molecule has 2 rings (SSSR count). The average Bonchev–Trinajstić information content (AvgIpc) is 2.66. The number of nitrogens with one attached hydrogen (secondary N) is 1. The van der Waals surface area contributed by atoms with Crippen LogP contribution in [0.5, 0.6) is 0 Å². The third kappa shape index (κ3) is 7.13. The summed E-state index contributed by atoms with van der Waals surface area (Å²) in [5.74, 6) is 2.15. The highest BCUT2D eigenvalue weighted by Gasteiger charge is 2.37. The van der Waals surface area contributed by atoms with E-state index in [9.17, 15) is 8.96 Å². The van der Waals surface area contributed by atoms with Crippen LogP contribution >= 0.6 is 7.60 Å². The predicted octanol–water partition coefficient (Wildman–Crippen LogP) is 6.43. The van der Waals surface area contributed by atoms with Crippen molar-refractivity contribution in [2.75, 3.05) is 18.5 Å². The van der Waals surface area contributed by atoms with Crippen LogP contribution in [0.2, 0.25) is 19.6 Å². The van der Waals surface area contributed by atoms with E-state index in [2.05, 4.69) is 36.4 Å². The molecule has 0 saturated carbocycles. The Hall–Kier alpha value is -1.90. The number of halogens is 1. The smallest absolute Gasteiger partial charge is 0.357 e. The van der Waals surface area contributed by atoms with E-state index in [-0.39, 0.29) is 19.0 Å². The molecule has 2 aromatic rings. The Bertz CT molecular complexity index is 889. The lowest BCUT2D eigenvalue weighted by Gasteiger charge is -2.28. The molecule has 0 aliphatic rings. The molecule has 0 amide bonds. The van der Waals surface area contributed by atoms with Crippen LogP contribution < -0.4 is 5.32 Å². The Labute approximate surface area is 174 Å². The van der Waals surface area contributed by atoms with E-state index >= 15 is 0 Å². The maximum Gasteiger partial charge on any atom is 0.357 e. The summed E-state index contributed by atoms with van der Waals surface area (Å²) in [5, 5.41) is 3.20. The molecule has 1 N–H and O–H groups in total. The first-order valence-electron chi connectivity index (χ1n) is 9.71. The lowest BCUT2D eigenvalue weighted by atomic mass is 10.1. The monoisotopic (exact) mass is 433 g/mol. The van der Waals surface area contributed by atoms with Gasteiger partial charge in [0.15, 0.2) is 5.78 Å². The van der Waals surface area contributed by atoms with Gasteiger partial charge in [0.2, 0.25) is 0 Å². The van der Waals surface area contributed by atoms with Crippen LogP contribution in [0, 0.1) is 17.3 Å². The molecule has 0 unspecified atom stereocenters. The minimum absolute atomic E-state index is 0.249. The highest BCUT2D eigenvalue weighted by atomic mass is 31.2. The molecular formula is C22H29FNO3PSi. The summed E-state index contributed by atoms with van der Waals surface area (Å²) >= 11 is 0. The lowest BCUT2D eigenvalue weighted by molar-refractivity contribution is 0.214. The zero-order valence-corrected chi connectivity index (χ0v) is 19.6. The largest absolute Gasteiger partial charge is 0.368 e. The number of rotatable bonds is 8. The van der Waals surface area contributed by atoms with Crippen LogP contribution in [-0.4, -0.2) is 21.3 Å². The molecule has 0 aliphatic heterocycles. The van der Waals surface area contributed by atoms with Gasteiger partial charge in [-0.1, -0.05) is 37.7 Å². The summed E-state index contributed by atoms with van der Waals surface area (Å²) in [6, 6.07) is 13.5. The number of benzene rings is 2. The van der Waals surface area contributed by atoms with Crippen molar-refractivity contribution >= 4 is 21.4 Å². The fourth-order valence-electron chi connectivity index (χ4n) is 2.60. The van der Waals surface area contributed by atoms with Gasteiger partial charge in [-0.2, -0.15) is 0 Å². The van der Waals surface area contributed by atoms with Gasteiger partial charge in [-0.3, -0.25) is 4.57 Å². The molecule has 0 saturated heterocycles. The Morgan fingerprint density at radius 2 is 1.55 bits per heavy atom. The Morgan fingerprint density at radius 1 is 1.00 bits per heavy atom. The van der Waals surface area contributed by atoms with Crippen LogP contribution in [-0.2, 0) is 13.6 Å². The first-order chi connectivity index (χ1) is 13.7. The second kappa shape index (κ2) is 10.2. The summed E-state index contributed by atoms with van der Waals surface area (Å²) in [7, 11) is -4.99. The first-order valence-corrected chi connectivity index (χ1v) is 14.8. The van der Waals surface area contributed by atoms with E-state index in [0.29, 0.717) is 5.69 Å². The van der Waals surface area contributed by atoms with Crippen LogP contribution in [0.25, 0.3) is 0 Å². The molecule has 29 heavy (non-hydrogen) atoms. The third-order valence-electron chi connectivity index (χ3n) is 3.89. The number of hydrogen-bond acceptors (Lipinski definition) is 4. The van der Waals surface area contributed by atoms with Crippen molar-refractivity contribution in [2.45, 2.75) is 39.3 Å². The molecule has 0 bridgehead atoms. The zero-order valence-electron chi connectivity index (χ0n) is 17.7. The maximum absolute atomic E-state index is 13.5. The van der Waals surface area contributed by atoms with E-state index < -0.39 is 21.5 Å². The predicted molar refractivity (Wildman–Crippen MR) is 120 cm³/mol. The van der Waals surface area contributed by atoms with Gasteiger partial charge in [0.25, 0.3) is 0 Å². The van der Waals surface area contributed by atoms with Crippen molar-refractivity contribution < 1.29 is 18.0 Å². The van der Waals surface area contributed by atoms with Crippen molar-refractivity contribution in [3.8, 4) is 11.5 Å². The van der Waals surface area contributed by atoms with Gasteiger partial charge in [0.05, 0.1) is 13.2 Å². The van der Waals surface area contributed by atoms with E-state index in [1.54, 1.807) is 26.0 Å². The molecule has 2 aromatic carbocycles. The summed E-state index contributed by atoms with van der Waals surface area (Å²) < 4.78 is 38.0. The molecule has 0 aliphatic carbocycles. The topological polar surface area (TPSA) is 47.6 Å². The summed E-state index contributed by atoms with van der Waals surface area (Å²) in [6.07, 6.45) is 0. The molecule has 0 aromatic heterocycles. The minimum Gasteiger partial charge on any atom is -0.368 e. The van der Waals surface area contributed by atoms with Crippen LogP contribution in [0.15, 0.2) is 48.5 Å². The zero-order chi connectivity index (χ0) is 21.5. The highest BCUT2D eigenvalue weighted by Crippen LogP contribution is 2.60. The third-order valence-corrected chi connectivity index (χ3v) is 7.06. The van der Waals surface area contributed by atoms with Gasteiger partial charge in [-0.25, -0.2) is 4.39 Å². The fraction of sp³-hybridized carbons (Fsp3) is 0.364. The summed E-state index contributed by atoms with van der Waals surface area (Å²) in [6.45, 7) is 10.6. The number of anilines is 1. The average molecular weight is 434 g/mol. The lowest BCUT2D eigenvalue weighted by Crippen LogP contribution is -2.16. The van der Waals surface area contributed by atoms with Gasteiger partial charge in [0, 0.05) is 11.3 Å². The van der Waals surface area contributed by atoms with Crippen molar-refractivity contribution in [2.24, 2.45) is 0 Å². The standard InChI is InChI=1S/C22H29FNO3PSi/c1-6-26-28(25,27-7-2)22(24-21-14-12-20(23)13-15-21)19-10-8-18(9-11-19)16-17-29(3,4)5/h8-15,22,24H,6-7H2,1-5H3/t22-/m0/s1. The molecule has 0 heterocycles. The molecule has 0 spiro atoms. The van der Waals surface area contributed by atoms with E-state index in [1.807, 2.05) is 24.3 Å². The Balaban J connectivity index is 2.41. The van der Waals surface area contributed by atoms with Gasteiger partial charge in [0.1, 0.15) is 13.9 Å². The Morgan fingerprint density at radius 3 is 2.03 bits per heavy atom.